The smallest absolute Gasteiger partial charge is 0.269 e. The summed E-state index contributed by atoms with van der Waals surface area (Å²) in [6, 6.07) is 4.88. The van der Waals surface area contributed by atoms with Gasteiger partial charge in [0.25, 0.3) is 5.91 Å². The Morgan fingerprint density at radius 2 is 2.28 bits per heavy atom. The molecule has 0 radical (unpaired) electrons. The molecule has 0 aliphatic heterocycles. The topological polar surface area (TPSA) is 80.9 Å². The molecular weight excluding hydrogens is 256 g/mol. The number of hydrogen-bond donors (Lipinski definition) is 1. The largest absolute Gasteiger partial charge is 0.350 e. The molecule has 2 aromatic heterocycles. The molecule has 0 atom stereocenters. The number of halogens is 1. The molecule has 94 valence electrons. The monoisotopic (exact) mass is 266 g/mol. The zero-order valence-electron chi connectivity index (χ0n) is 9.68. The van der Waals surface area contributed by atoms with Crippen LogP contribution in [0, 0.1) is 6.92 Å². The van der Waals surface area contributed by atoms with Gasteiger partial charge < -0.3 is 9.84 Å². The minimum Gasteiger partial charge on any atom is -0.350 e. The maximum absolute atomic E-state index is 11.7. The van der Waals surface area contributed by atoms with Crippen LogP contribution in [-0.4, -0.2) is 27.6 Å². The number of aromatic nitrogens is 3. The Hall–Kier alpha value is -1.95. The van der Waals surface area contributed by atoms with Crippen molar-refractivity contribution >= 4 is 17.5 Å². The molecule has 0 spiro atoms. The van der Waals surface area contributed by atoms with Crippen molar-refractivity contribution in [2.24, 2.45) is 0 Å². The summed E-state index contributed by atoms with van der Waals surface area (Å²) in [5.74, 6) is 0.786. The number of nitrogens with zero attached hydrogens (tertiary/aromatic N) is 3. The molecule has 0 aliphatic carbocycles. The maximum atomic E-state index is 11.7. The molecule has 0 bridgehead atoms. The number of carbonyl (C=O) groups is 1. The van der Waals surface area contributed by atoms with Crippen LogP contribution in [0.3, 0.4) is 0 Å². The summed E-state index contributed by atoms with van der Waals surface area (Å²) in [7, 11) is 0. The highest BCUT2D eigenvalue weighted by Crippen LogP contribution is 2.04. The fourth-order valence-electron chi connectivity index (χ4n) is 1.35. The zero-order chi connectivity index (χ0) is 13.0. The number of nitrogens with one attached hydrogen (secondary N) is 1. The first-order chi connectivity index (χ1) is 8.65. The molecule has 0 aromatic carbocycles. The molecule has 2 aromatic rings. The van der Waals surface area contributed by atoms with Crippen molar-refractivity contribution in [3.05, 3.63) is 40.8 Å². The van der Waals surface area contributed by atoms with Gasteiger partial charge in [-0.05, 0) is 19.1 Å². The third-order valence-electron chi connectivity index (χ3n) is 2.14. The van der Waals surface area contributed by atoms with Crippen LogP contribution in [0.5, 0.6) is 0 Å². The van der Waals surface area contributed by atoms with Crippen molar-refractivity contribution in [3.63, 3.8) is 0 Å². The van der Waals surface area contributed by atoms with Gasteiger partial charge >= 0.3 is 0 Å². The molecule has 2 heterocycles. The van der Waals surface area contributed by atoms with E-state index in [2.05, 4.69) is 20.4 Å². The van der Waals surface area contributed by atoms with E-state index in [-0.39, 0.29) is 16.8 Å². The van der Waals surface area contributed by atoms with Gasteiger partial charge in [-0.25, -0.2) is 4.98 Å². The lowest BCUT2D eigenvalue weighted by molar-refractivity contribution is 0.0948. The molecule has 1 amide bonds. The van der Waals surface area contributed by atoms with Gasteiger partial charge in [-0.1, -0.05) is 22.8 Å². The molecule has 1 N–H and O–H groups in total. The van der Waals surface area contributed by atoms with Crippen molar-refractivity contribution < 1.29 is 9.32 Å². The first-order valence-electron chi connectivity index (χ1n) is 5.35. The Balaban J connectivity index is 1.85. The normalized spacial score (nSPS) is 10.3. The second-order valence-corrected chi connectivity index (χ2v) is 3.97. The summed E-state index contributed by atoms with van der Waals surface area (Å²) in [6.07, 6.45) is 0.479. The standard InChI is InChI=1S/C11H11ClN4O2/c1-7-14-10(18-16-7)5-6-13-11(17)8-3-2-4-9(12)15-8/h2-4H,5-6H2,1H3,(H,13,17). The fourth-order valence-corrected chi connectivity index (χ4v) is 1.51. The predicted molar refractivity (Wildman–Crippen MR) is 64.3 cm³/mol. The minimum absolute atomic E-state index is 0.282. The number of hydrogen-bond acceptors (Lipinski definition) is 5. The molecule has 0 aliphatic rings. The van der Waals surface area contributed by atoms with E-state index in [9.17, 15) is 4.79 Å². The summed E-state index contributed by atoms with van der Waals surface area (Å²) >= 11 is 5.70. The van der Waals surface area contributed by atoms with Crippen molar-refractivity contribution in [2.75, 3.05) is 6.54 Å². The van der Waals surface area contributed by atoms with Crippen molar-refractivity contribution in [1.29, 1.82) is 0 Å². The van der Waals surface area contributed by atoms with E-state index in [1.54, 1.807) is 25.1 Å². The highest BCUT2D eigenvalue weighted by Gasteiger charge is 2.08. The third kappa shape index (κ3) is 3.27. The van der Waals surface area contributed by atoms with Gasteiger partial charge in [0.15, 0.2) is 5.82 Å². The van der Waals surface area contributed by atoms with Crippen molar-refractivity contribution in [1.82, 2.24) is 20.4 Å². The molecule has 7 heteroatoms. The van der Waals surface area contributed by atoms with Gasteiger partial charge in [0, 0.05) is 13.0 Å². The first kappa shape index (κ1) is 12.5. The Morgan fingerprint density at radius 1 is 1.44 bits per heavy atom. The average molecular weight is 267 g/mol. The van der Waals surface area contributed by atoms with Gasteiger partial charge in [-0.15, -0.1) is 0 Å². The molecular formula is C11H11ClN4O2. The lowest BCUT2D eigenvalue weighted by Crippen LogP contribution is -2.26. The maximum Gasteiger partial charge on any atom is 0.269 e. The van der Waals surface area contributed by atoms with E-state index in [0.29, 0.717) is 24.7 Å². The minimum atomic E-state index is -0.284. The Bertz CT molecular complexity index is 555. The summed E-state index contributed by atoms with van der Waals surface area (Å²) in [4.78, 5) is 19.6. The summed E-state index contributed by atoms with van der Waals surface area (Å²) < 4.78 is 4.92. The number of aryl methyl sites for hydroxylation is 1. The van der Waals surface area contributed by atoms with E-state index < -0.39 is 0 Å². The van der Waals surface area contributed by atoms with Gasteiger partial charge in [-0.2, -0.15) is 4.98 Å². The van der Waals surface area contributed by atoms with Crippen LogP contribution in [0.15, 0.2) is 22.7 Å². The Morgan fingerprint density at radius 3 is 2.94 bits per heavy atom. The van der Waals surface area contributed by atoms with E-state index in [0.717, 1.165) is 0 Å². The molecule has 6 nitrogen and oxygen atoms in total. The summed E-state index contributed by atoms with van der Waals surface area (Å²) in [5.41, 5.74) is 0.282. The van der Waals surface area contributed by atoms with Crippen LogP contribution in [0.2, 0.25) is 5.15 Å². The highest BCUT2D eigenvalue weighted by molar-refractivity contribution is 6.29. The van der Waals surface area contributed by atoms with Crippen LogP contribution in [0.1, 0.15) is 22.2 Å². The second-order valence-electron chi connectivity index (χ2n) is 3.59. The third-order valence-corrected chi connectivity index (χ3v) is 2.35. The van der Waals surface area contributed by atoms with Gasteiger partial charge in [0.1, 0.15) is 10.8 Å². The summed E-state index contributed by atoms with van der Waals surface area (Å²) in [5, 5.41) is 6.64. The van der Waals surface area contributed by atoms with Gasteiger partial charge in [0.05, 0.1) is 0 Å². The van der Waals surface area contributed by atoms with Gasteiger partial charge in [-0.3, -0.25) is 4.79 Å². The fraction of sp³-hybridized carbons (Fsp3) is 0.273. The molecule has 0 fully saturated rings. The molecule has 0 saturated carbocycles. The number of pyridine rings is 1. The Kier molecular flexibility index (Phi) is 3.88. The lowest BCUT2D eigenvalue weighted by atomic mass is 10.3. The average Bonchev–Trinajstić information content (AvgIpc) is 2.75. The SMILES string of the molecule is Cc1noc(CCNC(=O)c2cccc(Cl)n2)n1. The number of rotatable bonds is 4. The van der Waals surface area contributed by atoms with Crippen LogP contribution < -0.4 is 5.32 Å². The van der Waals surface area contributed by atoms with Crippen LogP contribution >= 0.6 is 11.6 Å². The second kappa shape index (κ2) is 5.59. The van der Waals surface area contributed by atoms with Crippen LogP contribution in [-0.2, 0) is 6.42 Å². The Labute approximate surface area is 108 Å². The molecule has 0 saturated heterocycles. The molecule has 0 unspecified atom stereocenters. The van der Waals surface area contributed by atoms with E-state index in [1.165, 1.54) is 0 Å². The predicted octanol–water partition coefficient (Wildman–Crippen LogP) is 1.40. The zero-order valence-corrected chi connectivity index (χ0v) is 10.4. The lowest BCUT2D eigenvalue weighted by Gasteiger charge is -2.02. The summed E-state index contributed by atoms with van der Waals surface area (Å²) in [6.45, 7) is 2.14. The highest BCUT2D eigenvalue weighted by atomic mass is 35.5. The first-order valence-corrected chi connectivity index (χ1v) is 5.73. The van der Waals surface area contributed by atoms with Crippen LogP contribution in [0.4, 0.5) is 0 Å². The number of amides is 1. The quantitative estimate of drug-likeness (QED) is 0.846. The molecule has 2 rings (SSSR count). The van der Waals surface area contributed by atoms with E-state index in [4.69, 9.17) is 16.1 Å². The van der Waals surface area contributed by atoms with Gasteiger partial charge in [0.2, 0.25) is 5.89 Å². The van der Waals surface area contributed by atoms with Crippen LogP contribution in [0.25, 0.3) is 0 Å². The number of carbonyl (C=O) groups excluding carboxylic acids is 1. The van der Waals surface area contributed by atoms with E-state index >= 15 is 0 Å². The van der Waals surface area contributed by atoms with Crippen molar-refractivity contribution in [3.8, 4) is 0 Å². The van der Waals surface area contributed by atoms with E-state index in [1.807, 2.05) is 0 Å². The molecule has 18 heavy (non-hydrogen) atoms. The van der Waals surface area contributed by atoms with Crippen molar-refractivity contribution in [2.45, 2.75) is 13.3 Å².